The highest BCUT2D eigenvalue weighted by atomic mass is 35.5. The van der Waals surface area contributed by atoms with Crippen molar-refractivity contribution in [3.63, 3.8) is 0 Å². The molecular formula is C21H16ClFO3S. The lowest BCUT2D eigenvalue weighted by molar-refractivity contribution is -0.131. The number of benzene rings is 3. The Morgan fingerprint density at radius 1 is 1.00 bits per heavy atom. The highest BCUT2D eigenvalue weighted by Crippen LogP contribution is 2.41. The fraction of sp³-hybridized carbons (Fsp3) is 0.0952. The second-order valence-electron chi connectivity index (χ2n) is 5.90. The second kappa shape index (κ2) is 8.03. The second-order valence-corrected chi connectivity index (χ2v) is 7.76. The Labute approximate surface area is 164 Å². The molecule has 0 aromatic heterocycles. The average Bonchev–Trinajstić information content (AvgIpc) is 2.62. The van der Waals surface area contributed by atoms with Crippen LogP contribution >= 0.6 is 11.6 Å². The van der Waals surface area contributed by atoms with E-state index in [1.807, 2.05) is 19.1 Å². The molecule has 0 unspecified atom stereocenters. The number of aryl methyl sites for hydroxylation is 1. The molecule has 0 N–H and O–H groups in total. The standard InChI is InChI=1S/C21H16ClFO3S/c1-13-9-11-15(12-10-13)27(25)19-8-3-5-16(22)20(19)21-17(23)6-4-7-18(21)26-14(2)24/h3-12H,1-2H3/t27-/m0/s1. The third-order valence-corrected chi connectivity index (χ3v) is 5.64. The molecule has 3 aromatic rings. The molecule has 3 rings (SSSR count). The van der Waals surface area contributed by atoms with Gasteiger partial charge in [0.05, 0.1) is 21.3 Å². The SMILES string of the molecule is CC(=O)Oc1cccc(F)c1-c1c(Cl)cccc1[S@@](=O)c1ccc(C)cc1. The number of carbonyl (C=O) groups is 1. The molecule has 0 aliphatic rings. The van der Waals surface area contributed by atoms with Crippen LogP contribution in [0.25, 0.3) is 11.1 Å². The molecule has 0 bridgehead atoms. The predicted octanol–water partition coefficient (Wildman–Crippen LogP) is 5.55. The van der Waals surface area contributed by atoms with E-state index in [-0.39, 0.29) is 21.9 Å². The molecular weight excluding hydrogens is 387 g/mol. The predicted molar refractivity (Wildman–Crippen MR) is 104 cm³/mol. The van der Waals surface area contributed by atoms with E-state index in [0.717, 1.165) is 5.56 Å². The van der Waals surface area contributed by atoms with Crippen molar-refractivity contribution in [2.75, 3.05) is 0 Å². The Balaban J connectivity index is 2.23. The molecule has 0 spiro atoms. The van der Waals surface area contributed by atoms with Gasteiger partial charge in [-0.3, -0.25) is 4.79 Å². The first kappa shape index (κ1) is 19.3. The molecule has 0 heterocycles. The molecule has 6 heteroatoms. The van der Waals surface area contributed by atoms with E-state index in [1.165, 1.54) is 25.1 Å². The van der Waals surface area contributed by atoms with Crippen LogP contribution in [0, 0.1) is 12.7 Å². The monoisotopic (exact) mass is 402 g/mol. The molecule has 27 heavy (non-hydrogen) atoms. The average molecular weight is 403 g/mol. The Morgan fingerprint density at radius 2 is 1.67 bits per heavy atom. The minimum Gasteiger partial charge on any atom is -0.426 e. The molecule has 0 saturated carbocycles. The van der Waals surface area contributed by atoms with Crippen molar-refractivity contribution in [2.24, 2.45) is 0 Å². The van der Waals surface area contributed by atoms with Crippen molar-refractivity contribution in [3.05, 3.63) is 77.1 Å². The minimum absolute atomic E-state index is 0.00811. The van der Waals surface area contributed by atoms with Crippen LogP contribution in [0.5, 0.6) is 5.75 Å². The van der Waals surface area contributed by atoms with Crippen LogP contribution in [0.15, 0.2) is 70.5 Å². The summed E-state index contributed by atoms with van der Waals surface area (Å²) in [5.74, 6) is -1.18. The van der Waals surface area contributed by atoms with Crippen LogP contribution in [0.4, 0.5) is 4.39 Å². The van der Waals surface area contributed by atoms with Crippen LogP contribution in [0.2, 0.25) is 5.02 Å². The number of rotatable bonds is 4. The number of carbonyl (C=O) groups excluding carboxylic acids is 1. The summed E-state index contributed by atoms with van der Waals surface area (Å²) >= 11 is 6.36. The number of halogens is 2. The maximum Gasteiger partial charge on any atom is 0.308 e. The Hall–Kier alpha value is -2.50. The zero-order chi connectivity index (χ0) is 19.6. The first-order valence-corrected chi connectivity index (χ1v) is 9.65. The summed E-state index contributed by atoms with van der Waals surface area (Å²) in [5.41, 5.74) is 1.29. The fourth-order valence-corrected chi connectivity index (χ4v) is 4.24. The highest BCUT2D eigenvalue weighted by molar-refractivity contribution is 7.85. The van der Waals surface area contributed by atoms with Gasteiger partial charge in [0.1, 0.15) is 11.6 Å². The van der Waals surface area contributed by atoms with Gasteiger partial charge in [-0.1, -0.05) is 41.4 Å². The lowest BCUT2D eigenvalue weighted by Gasteiger charge is -2.15. The van der Waals surface area contributed by atoms with Crippen LogP contribution < -0.4 is 4.74 Å². The highest BCUT2D eigenvalue weighted by Gasteiger charge is 2.23. The molecule has 0 saturated heterocycles. The van der Waals surface area contributed by atoms with Crippen molar-refractivity contribution in [2.45, 2.75) is 23.6 Å². The molecule has 138 valence electrons. The van der Waals surface area contributed by atoms with Gasteiger partial charge in [0.2, 0.25) is 0 Å². The van der Waals surface area contributed by atoms with Crippen LogP contribution in [-0.2, 0) is 15.6 Å². The summed E-state index contributed by atoms with van der Waals surface area (Å²) in [7, 11) is -1.60. The van der Waals surface area contributed by atoms with Crippen LogP contribution in [-0.4, -0.2) is 10.2 Å². The number of esters is 1. The maximum absolute atomic E-state index is 14.7. The van der Waals surface area contributed by atoms with E-state index < -0.39 is 22.6 Å². The number of hydrogen-bond acceptors (Lipinski definition) is 3. The lowest BCUT2D eigenvalue weighted by Crippen LogP contribution is -2.05. The van der Waals surface area contributed by atoms with Crippen molar-refractivity contribution < 1.29 is 18.1 Å². The van der Waals surface area contributed by atoms with Crippen molar-refractivity contribution in [1.29, 1.82) is 0 Å². The van der Waals surface area contributed by atoms with Gasteiger partial charge in [0.25, 0.3) is 0 Å². The molecule has 1 atom stereocenters. The quantitative estimate of drug-likeness (QED) is 0.424. The summed E-state index contributed by atoms with van der Waals surface area (Å²) in [6, 6.07) is 16.2. The number of hydrogen-bond donors (Lipinski definition) is 0. The smallest absolute Gasteiger partial charge is 0.308 e. The topological polar surface area (TPSA) is 43.4 Å². The zero-order valence-corrected chi connectivity index (χ0v) is 16.2. The van der Waals surface area contributed by atoms with E-state index in [2.05, 4.69) is 0 Å². The summed E-state index contributed by atoms with van der Waals surface area (Å²) in [5, 5.41) is 0.214. The zero-order valence-electron chi connectivity index (χ0n) is 14.7. The summed E-state index contributed by atoms with van der Waals surface area (Å²) in [6.07, 6.45) is 0. The lowest BCUT2D eigenvalue weighted by atomic mass is 10.0. The van der Waals surface area contributed by atoms with Crippen LogP contribution in [0.3, 0.4) is 0 Å². The van der Waals surface area contributed by atoms with E-state index >= 15 is 0 Å². The Bertz CT molecular complexity index is 1030. The first-order chi connectivity index (χ1) is 12.9. The van der Waals surface area contributed by atoms with E-state index in [9.17, 15) is 13.4 Å². The summed E-state index contributed by atoms with van der Waals surface area (Å²) < 4.78 is 33.0. The first-order valence-electron chi connectivity index (χ1n) is 8.12. The Morgan fingerprint density at radius 3 is 2.33 bits per heavy atom. The molecule has 0 amide bonds. The maximum atomic E-state index is 14.7. The molecule has 0 radical (unpaired) electrons. The molecule has 3 nitrogen and oxygen atoms in total. The fourth-order valence-electron chi connectivity index (χ4n) is 2.68. The van der Waals surface area contributed by atoms with Gasteiger partial charge < -0.3 is 4.74 Å². The van der Waals surface area contributed by atoms with Crippen molar-refractivity contribution >= 4 is 28.4 Å². The van der Waals surface area contributed by atoms with E-state index in [0.29, 0.717) is 9.79 Å². The van der Waals surface area contributed by atoms with Gasteiger partial charge in [-0.15, -0.1) is 0 Å². The third kappa shape index (κ3) is 4.10. The van der Waals surface area contributed by atoms with E-state index in [4.69, 9.17) is 16.3 Å². The van der Waals surface area contributed by atoms with Gasteiger partial charge in [-0.2, -0.15) is 0 Å². The van der Waals surface area contributed by atoms with Crippen LogP contribution in [0.1, 0.15) is 12.5 Å². The molecule has 0 fully saturated rings. The van der Waals surface area contributed by atoms with Gasteiger partial charge in [-0.25, -0.2) is 8.60 Å². The van der Waals surface area contributed by atoms with Gasteiger partial charge in [-0.05, 0) is 43.3 Å². The summed E-state index contributed by atoms with van der Waals surface area (Å²) in [6.45, 7) is 3.16. The number of ether oxygens (including phenoxy) is 1. The van der Waals surface area contributed by atoms with Gasteiger partial charge >= 0.3 is 5.97 Å². The summed E-state index contributed by atoms with van der Waals surface area (Å²) in [4.78, 5) is 12.3. The molecule has 3 aromatic carbocycles. The van der Waals surface area contributed by atoms with Gasteiger partial charge in [0.15, 0.2) is 0 Å². The third-order valence-electron chi connectivity index (χ3n) is 3.89. The van der Waals surface area contributed by atoms with Crippen molar-refractivity contribution in [3.8, 4) is 16.9 Å². The molecule has 0 aliphatic carbocycles. The van der Waals surface area contributed by atoms with E-state index in [1.54, 1.807) is 30.3 Å². The molecule has 0 aliphatic heterocycles. The van der Waals surface area contributed by atoms with Crippen molar-refractivity contribution in [1.82, 2.24) is 0 Å². The minimum atomic E-state index is -1.60. The Kier molecular flexibility index (Phi) is 5.73. The normalized spacial score (nSPS) is 11.9. The largest absolute Gasteiger partial charge is 0.426 e. The van der Waals surface area contributed by atoms with Gasteiger partial charge in [0, 0.05) is 22.4 Å².